The fraction of sp³-hybridized carbons (Fsp3) is 0.409. The predicted octanol–water partition coefficient (Wildman–Crippen LogP) is 1.87. The van der Waals surface area contributed by atoms with Crippen LogP contribution in [0.25, 0.3) is 0 Å². The lowest BCUT2D eigenvalue weighted by Crippen LogP contribution is -2.37. The maximum Gasteiger partial charge on any atom is 0.243 e. The summed E-state index contributed by atoms with van der Waals surface area (Å²) in [4.78, 5) is 13.2. The van der Waals surface area contributed by atoms with Gasteiger partial charge in [0.15, 0.2) is 11.5 Å². The summed E-state index contributed by atoms with van der Waals surface area (Å²) in [6.07, 6.45) is 0. The average Bonchev–Trinajstić information content (AvgIpc) is 3.25. The molecule has 1 aliphatic rings. The quantitative estimate of drug-likeness (QED) is 0.589. The van der Waals surface area contributed by atoms with Gasteiger partial charge in [0.1, 0.15) is 0 Å². The number of sulfonamides is 1. The zero-order chi connectivity index (χ0) is 22.4. The van der Waals surface area contributed by atoms with Gasteiger partial charge < -0.3 is 19.5 Å². The molecule has 31 heavy (non-hydrogen) atoms. The smallest absolute Gasteiger partial charge is 0.243 e. The van der Waals surface area contributed by atoms with Gasteiger partial charge in [-0.15, -0.1) is 0 Å². The van der Waals surface area contributed by atoms with Crippen molar-refractivity contribution in [2.75, 3.05) is 47.6 Å². The second-order valence-corrected chi connectivity index (χ2v) is 9.15. The van der Waals surface area contributed by atoms with Gasteiger partial charge in [0.05, 0.1) is 31.6 Å². The Morgan fingerprint density at radius 2 is 1.77 bits per heavy atom. The first-order chi connectivity index (χ1) is 14.9. The van der Waals surface area contributed by atoms with Gasteiger partial charge in [0.2, 0.25) is 15.9 Å². The first-order valence-corrected chi connectivity index (χ1v) is 11.4. The second-order valence-electron chi connectivity index (χ2n) is 7.21. The molecule has 1 N–H and O–H groups in total. The van der Waals surface area contributed by atoms with Gasteiger partial charge in [-0.3, -0.25) is 4.79 Å². The second kappa shape index (κ2) is 10.1. The summed E-state index contributed by atoms with van der Waals surface area (Å²) < 4.78 is 43.8. The molecule has 9 heteroatoms. The average molecular weight is 449 g/mol. The van der Waals surface area contributed by atoms with E-state index in [0.29, 0.717) is 24.7 Å². The summed E-state index contributed by atoms with van der Waals surface area (Å²) in [5.74, 6) is -0.174. The number of nitrogens with one attached hydrogen (secondary N) is 1. The van der Waals surface area contributed by atoms with Crippen molar-refractivity contribution < 1.29 is 27.4 Å². The zero-order valence-electron chi connectivity index (χ0n) is 17.9. The van der Waals surface area contributed by atoms with Crippen molar-refractivity contribution >= 4 is 15.9 Å². The number of rotatable bonds is 9. The minimum absolute atomic E-state index is 0.0705. The SMILES string of the molecule is COCCNC(=O)C1CN(S(=O)(=O)c2ccccc2)CC1c1cccc(OC)c1OC. The number of nitrogens with zero attached hydrogens (tertiary/aromatic N) is 1. The maximum absolute atomic E-state index is 13.2. The van der Waals surface area contributed by atoms with Crippen molar-refractivity contribution in [1.29, 1.82) is 0 Å². The van der Waals surface area contributed by atoms with E-state index in [1.807, 2.05) is 12.1 Å². The van der Waals surface area contributed by atoms with E-state index in [9.17, 15) is 13.2 Å². The van der Waals surface area contributed by atoms with Gasteiger partial charge in [-0.25, -0.2) is 8.42 Å². The maximum atomic E-state index is 13.2. The summed E-state index contributed by atoms with van der Waals surface area (Å²) in [6.45, 7) is 0.945. The highest BCUT2D eigenvalue weighted by Crippen LogP contribution is 2.43. The molecule has 2 atom stereocenters. The van der Waals surface area contributed by atoms with Gasteiger partial charge in [-0.2, -0.15) is 4.31 Å². The molecule has 0 bridgehead atoms. The molecule has 1 amide bonds. The Morgan fingerprint density at radius 3 is 2.42 bits per heavy atom. The Bertz CT molecular complexity index is 996. The third-order valence-corrected chi connectivity index (χ3v) is 7.29. The molecule has 0 radical (unpaired) electrons. The minimum Gasteiger partial charge on any atom is -0.493 e. The Balaban J connectivity index is 1.98. The zero-order valence-corrected chi connectivity index (χ0v) is 18.7. The monoisotopic (exact) mass is 448 g/mol. The van der Waals surface area contributed by atoms with Crippen LogP contribution in [-0.2, 0) is 19.6 Å². The highest BCUT2D eigenvalue weighted by molar-refractivity contribution is 7.89. The predicted molar refractivity (Wildman–Crippen MR) is 116 cm³/mol. The van der Waals surface area contributed by atoms with E-state index in [1.165, 1.54) is 18.5 Å². The third kappa shape index (κ3) is 4.84. The fourth-order valence-electron chi connectivity index (χ4n) is 3.90. The standard InChI is InChI=1S/C22H28N2O6S/c1-28-13-12-23-22(25)19-15-24(31(26,27)16-8-5-4-6-9-16)14-18(19)17-10-7-11-20(29-2)21(17)30-3/h4-11,18-19H,12-15H2,1-3H3,(H,23,25). The molecule has 0 aliphatic carbocycles. The summed E-state index contributed by atoms with van der Waals surface area (Å²) >= 11 is 0. The summed E-state index contributed by atoms with van der Waals surface area (Å²) in [7, 11) is 0.875. The van der Waals surface area contributed by atoms with Crippen LogP contribution in [0, 0.1) is 5.92 Å². The van der Waals surface area contributed by atoms with Crippen molar-refractivity contribution in [3.05, 3.63) is 54.1 Å². The number of amides is 1. The molecule has 1 saturated heterocycles. The topological polar surface area (TPSA) is 94.2 Å². The number of carbonyl (C=O) groups is 1. The molecule has 1 aliphatic heterocycles. The molecule has 1 heterocycles. The molecule has 168 valence electrons. The number of hydrogen-bond donors (Lipinski definition) is 1. The summed E-state index contributed by atoms with van der Waals surface area (Å²) in [6, 6.07) is 13.7. The van der Waals surface area contributed by atoms with Crippen LogP contribution in [0.3, 0.4) is 0 Å². The van der Waals surface area contributed by atoms with Crippen molar-refractivity contribution in [1.82, 2.24) is 9.62 Å². The van der Waals surface area contributed by atoms with Gasteiger partial charge in [-0.1, -0.05) is 30.3 Å². The van der Waals surface area contributed by atoms with E-state index >= 15 is 0 Å². The lowest BCUT2D eigenvalue weighted by molar-refractivity contribution is -0.125. The number of ether oxygens (including phenoxy) is 3. The molecule has 3 rings (SSSR count). The van der Waals surface area contributed by atoms with E-state index in [2.05, 4.69) is 5.32 Å². The van der Waals surface area contributed by atoms with E-state index in [0.717, 1.165) is 5.56 Å². The van der Waals surface area contributed by atoms with Crippen LogP contribution in [0.15, 0.2) is 53.4 Å². The highest BCUT2D eigenvalue weighted by atomic mass is 32.2. The summed E-state index contributed by atoms with van der Waals surface area (Å²) in [5, 5.41) is 2.85. The van der Waals surface area contributed by atoms with E-state index < -0.39 is 21.9 Å². The minimum atomic E-state index is -3.75. The van der Waals surface area contributed by atoms with E-state index in [1.54, 1.807) is 43.5 Å². The molecule has 0 spiro atoms. The molecule has 8 nitrogen and oxygen atoms in total. The van der Waals surface area contributed by atoms with Crippen molar-refractivity contribution in [2.24, 2.45) is 5.92 Å². The molecule has 2 unspecified atom stereocenters. The molecule has 2 aromatic rings. The lowest BCUT2D eigenvalue weighted by atomic mass is 9.87. The molecular weight excluding hydrogens is 420 g/mol. The van der Waals surface area contributed by atoms with Crippen LogP contribution in [0.5, 0.6) is 11.5 Å². The summed E-state index contributed by atoms with van der Waals surface area (Å²) in [5.41, 5.74) is 0.736. The van der Waals surface area contributed by atoms with E-state index in [-0.39, 0.29) is 23.9 Å². The number of methoxy groups -OCH3 is 3. The van der Waals surface area contributed by atoms with Crippen LogP contribution in [0.4, 0.5) is 0 Å². The van der Waals surface area contributed by atoms with Gasteiger partial charge in [0, 0.05) is 38.2 Å². The Labute approximate surface area is 183 Å². The van der Waals surface area contributed by atoms with Crippen LogP contribution in [0.2, 0.25) is 0 Å². The number of hydrogen-bond acceptors (Lipinski definition) is 6. The van der Waals surface area contributed by atoms with Gasteiger partial charge in [-0.05, 0) is 18.2 Å². The van der Waals surface area contributed by atoms with Gasteiger partial charge in [0.25, 0.3) is 0 Å². The van der Waals surface area contributed by atoms with Crippen LogP contribution < -0.4 is 14.8 Å². The molecule has 1 fully saturated rings. The Hall–Kier alpha value is -2.62. The molecular formula is C22H28N2O6S. The van der Waals surface area contributed by atoms with Crippen molar-refractivity contribution in [3.8, 4) is 11.5 Å². The normalized spacial score (nSPS) is 19.2. The number of carbonyl (C=O) groups excluding carboxylic acids is 1. The first kappa shape index (κ1) is 23.1. The Morgan fingerprint density at radius 1 is 1.03 bits per heavy atom. The first-order valence-electron chi connectivity index (χ1n) is 9.96. The third-order valence-electron chi connectivity index (χ3n) is 5.44. The van der Waals surface area contributed by atoms with Crippen LogP contribution in [0.1, 0.15) is 11.5 Å². The molecule has 2 aromatic carbocycles. The highest BCUT2D eigenvalue weighted by Gasteiger charge is 2.44. The lowest BCUT2D eigenvalue weighted by Gasteiger charge is -2.21. The Kier molecular flexibility index (Phi) is 7.53. The van der Waals surface area contributed by atoms with E-state index in [4.69, 9.17) is 14.2 Å². The number of para-hydroxylation sites is 1. The van der Waals surface area contributed by atoms with Crippen molar-refractivity contribution in [2.45, 2.75) is 10.8 Å². The fourth-order valence-corrected chi connectivity index (χ4v) is 5.41. The van der Waals surface area contributed by atoms with Crippen molar-refractivity contribution in [3.63, 3.8) is 0 Å². The molecule has 0 saturated carbocycles. The largest absolute Gasteiger partial charge is 0.493 e. The van der Waals surface area contributed by atoms with Crippen LogP contribution >= 0.6 is 0 Å². The van der Waals surface area contributed by atoms with Gasteiger partial charge >= 0.3 is 0 Å². The number of benzene rings is 2. The molecule has 0 aromatic heterocycles. The van der Waals surface area contributed by atoms with Crippen LogP contribution in [-0.4, -0.2) is 66.2 Å².